The average Bonchev–Trinajstić information content (AvgIpc) is 2.84. The highest BCUT2D eigenvalue weighted by atomic mass is 35.5. The number of nitrogens with zero attached hydrogens (tertiary/aromatic N) is 1. The number of unbranched alkanes of at least 4 members (excludes halogenated alkanes) is 1. The molecular formula is C17H20ClNO3. The van der Waals surface area contributed by atoms with Crippen LogP contribution < -0.4 is 0 Å². The molecule has 2 aromatic rings. The Bertz CT molecular complexity index is 703. The molecule has 0 atom stereocenters. The Labute approximate surface area is 135 Å². The number of ether oxygens (including phenoxy) is 1. The van der Waals surface area contributed by atoms with Crippen LogP contribution in [-0.4, -0.2) is 25.3 Å². The number of hydrogen-bond donors (Lipinski definition) is 0. The Hall–Kier alpha value is -1.81. The van der Waals surface area contributed by atoms with Crippen molar-refractivity contribution >= 4 is 34.8 Å². The van der Waals surface area contributed by atoms with Gasteiger partial charge < -0.3 is 9.15 Å². The maximum atomic E-state index is 11.9. The molecule has 0 spiro atoms. The van der Waals surface area contributed by atoms with Gasteiger partial charge in [0.15, 0.2) is 0 Å². The van der Waals surface area contributed by atoms with Gasteiger partial charge in [-0.3, -0.25) is 4.99 Å². The lowest BCUT2D eigenvalue weighted by Gasteiger charge is -2.00. The molecule has 0 radical (unpaired) electrons. The highest BCUT2D eigenvalue weighted by molar-refractivity contribution is 6.38. The van der Waals surface area contributed by atoms with Crippen molar-refractivity contribution in [2.45, 2.75) is 33.6 Å². The van der Waals surface area contributed by atoms with E-state index in [4.69, 9.17) is 20.8 Å². The van der Waals surface area contributed by atoms with Crippen molar-refractivity contribution in [1.29, 1.82) is 0 Å². The van der Waals surface area contributed by atoms with Gasteiger partial charge >= 0.3 is 5.97 Å². The van der Waals surface area contributed by atoms with Crippen LogP contribution in [0.15, 0.2) is 21.5 Å². The van der Waals surface area contributed by atoms with Gasteiger partial charge in [-0.05, 0) is 32.4 Å². The van der Waals surface area contributed by atoms with Crippen molar-refractivity contribution < 1.29 is 13.9 Å². The van der Waals surface area contributed by atoms with Crippen LogP contribution in [0.1, 0.15) is 48.4 Å². The minimum atomic E-state index is -0.467. The van der Waals surface area contributed by atoms with E-state index in [2.05, 4.69) is 11.9 Å². The van der Waals surface area contributed by atoms with E-state index in [-0.39, 0.29) is 5.76 Å². The van der Waals surface area contributed by atoms with Crippen molar-refractivity contribution in [3.05, 3.63) is 34.0 Å². The zero-order valence-electron chi connectivity index (χ0n) is 13.1. The number of furan rings is 1. The van der Waals surface area contributed by atoms with Gasteiger partial charge in [-0.1, -0.05) is 24.9 Å². The molecule has 1 aromatic heterocycles. The van der Waals surface area contributed by atoms with E-state index in [1.165, 1.54) is 0 Å². The second-order valence-corrected chi connectivity index (χ2v) is 5.39. The first-order valence-electron chi connectivity index (χ1n) is 7.48. The van der Waals surface area contributed by atoms with E-state index in [1.807, 2.05) is 13.0 Å². The summed E-state index contributed by atoms with van der Waals surface area (Å²) in [6.45, 7) is 6.78. The van der Waals surface area contributed by atoms with E-state index in [0.29, 0.717) is 22.8 Å². The number of fused-ring (bicyclic) bond motifs is 1. The first-order valence-corrected chi connectivity index (χ1v) is 7.86. The molecule has 2 rings (SSSR count). The lowest BCUT2D eigenvalue weighted by molar-refractivity contribution is 0.0491. The number of carbonyl (C=O) groups excluding carboxylic acids is 1. The van der Waals surface area contributed by atoms with Crippen LogP contribution in [0.2, 0.25) is 5.02 Å². The van der Waals surface area contributed by atoms with Gasteiger partial charge in [-0.2, -0.15) is 0 Å². The molecule has 0 aliphatic carbocycles. The van der Waals surface area contributed by atoms with Gasteiger partial charge in [0.25, 0.3) is 0 Å². The first kappa shape index (κ1) is 16.6. The smallest absolute Gasteiger partial charge is 0.374 e. The van der Waals surface area contributed by atoms with Crippen LogP contribution in [0.25, 0.3) is 11.0 Å². The number of aryl methyl sites for hydroxylation is 1. The minimum Gasteiger partial charge on any atom is -0.460 e. The number of rotatable bonds is 6. The molecule has 4 nitrogen and oxygen atoms in total. The van der Waals surface area contributed by atoms with Crippen LogP contribution in [0.5, 0.6) is 0 Å². The van der Waals surface area contributed by atoms with Crippen LogP contribution in [0.4, 0.5) is 0 Å². The summed E-state index contributed by atoms with van der Waals surface area (Å²) in [7, 11) is 0. The highest BCUT2D eigenvalue weighted by Gasteiger charge is 2.21. The fourth-order valence-corrected chi connectivity index (χ4v) is 2.56. The summed E-state index contributed by atoms with van der Waals surface area (Å²) in [5.74, 6) is -0.260. The number of carbonyl (C=O) groups is 1. The van der Waals surface area contributed by atoms with Gasteiger partial charge in [-0.25, -0.2) is 4.79 Å². The van der Waals surface area contributed by atoms with Crippen LogP contribution >= 0.6 is 11.6 Å². The topological polar surface area (TPSA) is 51.8 Å². The maximum Gasteiger partial charge on any atom is 0.374 e. The number of halogens is 1. The number of esters is 1. The number of benzene rings is 1. The third-order valence-electron chi connectivity index (χ3n) is 3.39. The molecule has 0 saturated heterocycles. The summed E-state index contributed by atoms with van der Waals surface area (Å²) in [6, 6.07) is 3.65. The van der Waals surface area contributed by atoms with Gasteiger partial charge in [0.05, 0.1) is 11.6 Å². The van der Waals surface area contributed by atoms with E-state index in [0.717, 1.165) is 30.3 Å². The predicted octanol–water partition coefficient (Wildman–Crippen LogP) is 4.79. The molecule has 0 aliphatic heterocycles. The molecule has 1 aromatic carbocycles. The van der Waals surface area contributed by atoms with Crippen molar-refractivity contribution in [3.8, 4) is 0 Å². The summed E-state index contributed by atoms with van der Waals surface area (Å²) in [6.07, 6.45) is 3.93. The number of hydrogen-bond acceptors (Lipinski definition) is 4. The fourth-order valence-electron chi connectivity index (χ4n) is 2.21. The Balaban J connectivity index is 2.40. The van der Waals surface area contributed by atoms with Gasteiger partial charge in [0.2, 0.25) is 5.76 Å². The molecule has 0 aliphatic rings. The van der Waals surface area contributed by atoms with Crippen LogP contribution in [0, 0.1) is 6.92 Å². The van der Waals surface area contributed by atoms with Gasteiger partial charge in [-0.15, -0.1) is 0 Å². The minimum absolute atomic E-state index is 0.207. The molecule has 0 amide bonds. The molecule has 1 heterocycles. The third kappa shape index (κ3) is 3.33. The lowest BCUT2D eigenvalue weighted by atomic mass is 10.1. The zero-order valence-corrected chi connectivity index (χ0v) is 13.9. The first-order chi connectivity index (χ1) is 10.6. The third-order valence-corrected chi connectivity index (χ3v) is 3.80. The van der Waals surface area contributed by atoms with Crippen molar-refractivity contribution in [3.63, 3.8) is 0 Å². The SMILES string of the molecule is CCCCN=Cc1ccc2oc(C(=O)OCC)c(C)c2c1Cl. The summed E-state index contributed by atoms with van der Waals surface area (Å²) < 4.78 is 10.6. The Morgan fingerprint density at radius 3 is 2.86 bits per heavy atom. The second-order valence-electron chi connectivity index (χ2n) is 5.01. The zero-order chi connectivity index (χ0) is 16.1. The quantitative estimate of drug-likeness (QED) is 0.436. The highest BCUT2D eigenvalue weighted by Crippen LogP contribution is 2.33. The number of aliphatic imine (C=N–C) groups is 1. The lowest BCUT2D eigenvalue weighted by Crippen LogP contribution is -2.04. The largest absolute Gasteiger partial charge is 0.460 e. The molecule has 0 unspecified atom stereocenters. The van der Waals surface area contributed by atoms with Crippen molar-refractivity contribution in [2.75, 3.05) is 13.2 Å². The second kappa shape index (κ2) is 7.45. The standard InChI is InChI=1S/C17H20ClNO3/c1-4-6-9-19-10-12-7-8-13-14(15(12)18)11(3)16(22-13)17(20)21-5-2/h7-8,10H,4-6,9H2,1-3H3. The van der Waals surface area contributed by atoms with Gasteiger partial charge in [0.1, 0.15) is 5.58 Å². The summed E-state index contributed by atoms with van der Waals surface area (Å²) in [5.41, 5.74) is 2.10. The van der Waals surface area contributed by atoms with E-state index in [9.17, 15) is 4.79 Å². The van der Waals surface area contributed by atoms with Crippen molar-refractivity contribution in [2.24, 2.45) is 4.99 Å². The Morgan fingerprint density at radius 2 is 2.18 bits per heavy atom. The van der Waals surface area contributed by atoms with Crippen LogP contribution in [0.3, 0.4) is 0 Å². The summed E-state index contributed by atoms with van der Waals surface area (Å²) >= 11 is 6.45. The fraction of sp³-hybridized carbons (Fsp3) is 0.412. The molecule has 5 heteroatoms. The van der Waals surface area contributed by atoms with Crippen molar-refractivity contribution in [1.82, 2.24) is 0 Å². The average molecular weight is 322 g/mol. The molecule has 0 N–H and O–H groups in total. The normalized spacial score (nSPS) is 11.5. The van der Waals surface area contributed by atoms with E-state index in [1.54, 1.807) is 19.2 Å². The molecule has 0 fully saturated rings. The maximum absolute atomic E-state index is 11.9. The Kier molecular flexibility index (Phi) is 5.61. The molecule has 0 bridgehead atoms. The molecule has 118 valence electrons. The summed E-state index contributed by atoms with van der Waals surface area (Å²) in [4.78, 5) is 16.3. The molecular weight excluding hydrogens is 302 g/mol. The monoisotopic (exact) mass is 321 g/mol. The molecule has 22 heavy (non-hydrogen) atoms. The van der Waals surface area contributed by atoms with E-state index >= 15 is 0 Å². The van der Waals surface area contributed by atoms with Crippen LogP contribution in [-0.2, 0) is 4.74 Å². The molecule has 0 saturated carbocycles. The van der Waals surface area contributed by atoms with E-state index < -0.39 is 5.97 Å². The Morgan fingerprint density at radius 1 is 1.41 bits per heavy atom. The predicted molar refractivity (Wildman–Crippen MR) is 89.3 cm³/mol. The summed E-state index contributed by atoms with van der Waals surface area (Å²) in [5, 5.41) is 1.29. The van der Waals surface area contributed by atoms with Gasteiger partial charge in [0, 0.05) is 29.3 Å².